The molecule has 0 unspecified atom stereocenters. The van der Waals surface area contributed by atoms with E-state index in [0.717, 1.165) is 29.0 Å². The SMILES string of the molecule is C[C@H]1CCc2c(sc3ncnc(OCCOc4ccc(Cl)cc4Cl)c23)C1. The number of ether oxygens (including phenoxy) is 2. The first kappa shape index (κ1) is 17.8. The summed E-state index contributed by atoms with van der Waals surface area (Å²) in [6.07, 6.45) is 4.95. The number of halogens is 2. The molecule has 2 aromatic heterocycles. The van der Waals surface area contributed by atoms with E-state index in [1.165, 1.54) is 16.9 Å². The highest BCUT2D eigenvalue weighted by Gasteiger charge is 2.23. The van der Waals surface area contributed by atoms with Gasteiger partial charge in [0.05, 0.1) is 10.4 Å². The molecular formula is C19H18Cl2N2O2S. The Hall–Kier alpha value is -1.56. The number of aromatic nitrogens is 2. The molecule has 1 aliphatic carbocycles. The minimum atomic E-state index is 0.371. The van der Waals surface area contributed by atoms with E-state index < -0.39 is 0 Å². The number of aryl methyl sites for hydroxylation is 1. The van der Waals surface area contributed by atoms with Crippen molar-refractivity contribution in [1.29, 1.82) is 0 Å². The van der Waals surface area contributed by atoms with Crippen LogP contribution in [-0.4, -0.2) is 23.2 Å². The van der Waals surface area contributed by atoms with Gasteiger partial charge in [0.15, 0.2) is 0 Å². The van der Waals surface area contributed by atoms with Gasteiger partial charge in [-0.15, -0.1) is 11.3 Å². The lowest BCUT2D eigenvalue weighted by Crippen LogP contribution is -2.11. The van der Waals surface area contributed by atoms with Gasteiger partial charge < -0.3 is 9.47 Å². The molecule has 0 N–H and O–H groups in total. The van der Waals surface area contributed by atoms with E-state index in [-0.39, 0.29) is 0 Å². The Bertz CT molecular complexity index is 945. The molecule has 4 rings (SSSR count). The smallest absolute Gasteiger partial charge is 0.225 e. The topological polar surface area (TPSA) is 44.2 Å². The van der Waals surface area contributed by atoms with Crippen LogP contribution in [0.3, 0.4) is 0 Å². The summed E-state index contributed by atoms with van der Waals surface area (Å²) in [6.45, 7) is 3.05. The lowest BCUT2D eigenvalue weighted by atomic mass is 9.89. The van der Waals surface area contributed by atoms with Crippen molar-refractivity contribution < 1.29 is 9.47 Å². The van der Waals surface area contributed by atoms with E-state index in [1.807, 2.05) is 0 Å². The average Bonchev–Trinajstić information content (AvgIpc) is 2.98. The largest absolute Gasteiger partial charge is 0.488 e. The van der Waals surface area contributed by atoms with Crippen molar-refractivity contribution >= 4 is 44.8 Å². The van der Waals surface area contributed by atoms with Crippen LogP contribution in [0.1, 0.15) is 23.8 Å². The highest BCUT2D eigenvalue weighted by atomic mass is 35.5. The number of rotatable bonds is 5. The average molecular weight is 409 g/mol. The summed E-state index contributed by atoms with van der Waals surface area (Å²) in [5.41, 5.74) is 1.36. The predicted molar refractivity (Wildman–Crippen MR) is 106 cm³/mol. The molecule has 0 aliphatic heterocycles. The van der Waals surface area contributed by atoms with E-state index in [4.69, 9.17) is 32.7 Å². The number of nitrogens with zero attached hydrogens (tertiary/aromatic N) is 2. The number of hydrogen-bond acceptors (Lipinski definition) is 5. The second-order valence-corrected chi connectivity index (χ2v) is 8.41. The fourth-order valence-corrected chi connectivity index (χ4v) is 5.04. The third-order valence-electron chi connectivity index (χ3n) is 4.53. The lowest BCUT2D eigenvalue weighted by Gasteiger charge is -2.18. The molecule has 1 aromatic carbocycles. The summed E-state index contributed by atoms with van der Waals surface area (Å²) in [7, 11) is 0. The maximum absolute atomic E-state index is 6.11. The third-order valence-corrected chi connectivity index (χ3v) is 6.22. The molecule has 1 aliphatic rings. The van der Waals surface area contributed by atoms with Crippen molar-refractivity contribution in [2.24, 2.45) is 5.92 Å². The van der Waals surface area contributed by atoms with Gasteiger partial charge in [0.1, 0.15) is 30.1 Å². The van der Waals surface area contributed by atoms with Gasteiger partial charge in [0.2, 0.25) is 5.88 Å². The van der Waals surface area contributed by atoms with Gasteiger partial charge in [-0.1, -0.05) is 30.1 Å². The molecule has 136 valence electrons. The molecule has 4 nitrogen and oxygen atoms in total. The Morgan fingerprint density at radius 2 is 2.04 bits per heavy atom. The summed E-state index contributed by atoms with van der Waals surface area (Å²) in [6, 6.07) is 5.16. The van der Waals surface area contributed by atoms with Crippen LogP contribution in [0.25, 0.3) is 10.2 Å². The zero-order chi connectivity index (χ0) is 18.1. The summed E-state index contributed by atoms with van der Waals surface area (Å²) >= 11 is 13.8. The summed E-state index contributed by atoms with van der Waals surface area (Å²) in [4.78, 5) is 11.2. The molecule has 2 heterocycles. The summed E-state index contributed by atoms with van der Waals surface area (Å²) < 4.78 is 11.6. The normalized spacial score (nSPS) is 16.5. The molecule has 0 radical (unpaired) electrons. The van der Waals surface area contributed by atoms with Crippen LogP contribution in [0, 0.1) is 5.92 Å². The van der Waals surface area contributed by atoms with Crippen LogP contribution < -0.4 is 9.47 Å². The summed E-state index contributed by atoms with van der Waals surface area (Å²) in [5.74, 6) is 1.97. The van der Waals surface area contributed by atoms with E-state index in [0.29, 0.717) is 34.9 Å². The Kier molecular flexibility index (Phi) is 5.20. The number of thiophene rings is 1. The van der Waals surface area contributed by atoms with Gasteiger partial charge in [-0.05, 0) is 48.9 Å². The van der Waals surface area contributed by atoms with Crippen LogP contribution >= 0.6 is 34.5 Å². The fourth-order valence-electron chi connectivity index (χ4n) is 3.24. The molecule has 0 fully saturated rings. The number of hydrogen-bond donors (Lipinski definition) is 0. The first-order valence-corrected chi connectivity index (χ1v) is 10.1. The Morgan fingerprint density at radius 1 is 1.19 bits per heavy atom. The molecule has 3 aromatic rings. The first-order valence-electron chi connectivity index (χ1n) is 8.57. The summed E-state index contributed by atoms with van der Waals surface area (Å²) in [5, 5.41) is 2.14. The van der Waals surface area contributed by atoms with Crippen LogP contribution in [0.15, 0.2) is 24.5 Å². The van der Waals surface area contributed by atoms with Crippen molar-refractivity contribution in [3.8, 4) is 11.6 Å². The molecule has 26 heavy (non-hydrogen) atoms. The molecule has 0 saturated carbocycles. The predicted octanol–water partition coefficient (Wildman–Crippen LogP) is 5.58. The fraction of sp³-hybridized carbons (Fsp3) is 0.368. The van der Waals surface area contributed by atoms with Gasteiger partial charge in [-0.3, -0.25) is 0 Å². The highest BCUT2D eigenvalue weighted by molar-refractivity contribution is 7.18. The Labute approximate surface area is 166 Å². The zero-order valence-corrected chi connectivity index (χ0v) is 16.6. The third kappa shape index (κ3) is 3.61. The van der Waals surface area contributed by atoms with Gasteiger partial charge in [-0.25, -0.2) is 9.97 Å². The van der Waals surface area contributed by atoms with Crippen molar-refractivity contribution in [3.63, 3.8) is 0 Å². The number of benzene rings is 1. The highest BCUT2D eigenvalue weighted by Crippen LogP contribution is 2.40. The first-order chi connectivity index (χ1) is 12.6. The minimum absolute atomic E-state index is 0.371. The standard InChI is InChI=1S/C19H18Cl2N2O2S/c1-11-2-4-13-16(8-11)26-19-17(13)18(22-10-23-19)25-7-6-24-15-5-3-12(20)9-14(15)21/h3,5,9-11H,2,4,6-8H2,1H3/t11-/m0/s1. The molecule has 0 saturated heterocycles. The molecule has 1 atom stereocenters. The van der Waals surface area contributed by atoms with Gasteiger partial charge in [0.25, 0.3) is 0 Å². The van der Waals surface area contributed by atoms with Crippen molar-refractivity contribution in [3.05, 3.63) is 45.0 Å². The van der Waals surface area contributed by atoms with Crippen LogP contribution in [0.5, 0.6) is 11.6 Å². The Morgan fingerprint density at radius 3 is 2.88 bits per heavy atom. The van der Waals surface area contributed by atoms with Crippen molar-refractivity contribution in [2.45, 2.75) is 26.2 Å². The molecular weight excluding hydrogens is 391 g/mol. The van der Waals surface area contributed by atoms with Crippen LogP contribution in [0.2, 0.25) is 10.0 Å². The van der Waals surface area contributed by atoms with Crippen LogP contribution in [-0.2, 0) is 12.8 Å². The maximum Gasteiger partial charge on any atom is 0.225 e. The van der Waals surface area contributed by atoms with E-state index in [2.05, 4.69) is 16.9 Å². The Balaban J connectivity index is 1.46. The van der Waals surface area contributed by atoms with E-state index >= 15 is 0 Å². The molecule has 0 amide bonds. The van der Waals surface area contributed by atoms with Crippen molar-refractivity contribution in [1.82, 2.24) is 9.97 Å². The van der Waals surface area contributed by atoms with E-state index in [1.54, 1.807) is 35.9 Å². The monoisotopic (exact) mass is 408 g/mol. The number of fused-ring (bicyclic) bond motifs is 3. The lowest BCUT2D eigenvalue weighted by molar-refractivity contribution is 0.213. The zero-order valence-electron chi connectivity index (χ0n) is 14.3. The second-order valence-electron chi connectivity index (χ2n) is 6.48. The maximum atomic E-state index is 6.11. The molecule has 7 heteroatoms. The molecule has 0 spiro atoms. The van der Waals surface area contributed by atoms with Gasteiger partial charge in [0, 0.05) is 9.90 Å². The molecule has 0 bridgehead atoms. The van der Waals surface area contributed by atoms with Gasteiger partial charge in [-0.2, -0.15) is 0 Å². The quantitative estimate of drug-likeness (QED) is 0.516. The van der Waals surface area contributed by atoms with Gasteiger partial charge >= 0.3 is 0 Å². The van der Waals surface area contributed by atoms with Crippen molar-refractivity contribution in [2.75, 3.05) is 13.2 Å². The van der Waals surface area contributed by atoms with E-state index in [9.17, 15) is 0 Å². The second kappa shape index (κ2) is 7.59. The minimum Gasteiger partial charge on any atom is -0.488 e. The van der Waals surface area contributed by atoms with Crippen LogP contribution in [0.4, 0.5) is 0 Å².